The molecule has 18 heavy (non-hydrogen) atoms. The summed E-state index contributed by atoms with van der Waals surface area (Å²) in [4.78, 5) is 16.4. The smallest absolute Gasteiger partial charge is 0.302 e. The number of nitrogens with one attached hydrogen (secondary N) is 1. The van der Waals surface area contributed by atoms with Crippen LogP contribution in [0.2, 0.25) is 0 Å². The van der Waals surface area contributed by atoms with Crippen LogP contribution in [0.15, 0.2) is 35.1 Å². The zero-order chi connectivity index (χ0) is 13.3. The molecule has 0 saturated heterocycles. The van der Waals surface area contributed by atoms with Gasteiger partial charge in [0.1, 0.15) is 5.69 Å². The topological polar surface area (TPSA) is 45.8 Å². The predicted octanol–water partition coefficient (Wildman–Crippen LogP) is 2.76. The van der Waals surface area contributed by atoms with Gasteiger partial charge < -0.3 is 4.98 Å². The van der Waals surface area contributed by atoms with Gasteiger partial charge in [-0.05, 0) is 19.1 Å². The number of aromatic amines is 1. The summed E-state index contributed by atoms with van der Waals surface area (Å²) >= 11 is 0. The van der Waals surface area contributed by atoms with Crippen LogP contribution in [0.1, 0.15) is 11.3 Å². The summed E-state index contributed by atoms with van der Waals surface area (Å²) in [6, 6.07) is 7.61. The molecular formula is C12H9F3N2O. The van der Waals surface area contributed by atoms with Gasteiger partial charge in [-0.25, -0.2) is 4.79 Å². The highest BCUT2D eigenvalue weighted by atomic mass is 19.4. The molecule has 2 aromatic rings. The Morgan fingerprint density at radius 3 is 2.56 bits per heavy atom. The molecule has 0 spiro atoms. The van der Waals surface area contributed by atoms with Crippen LogP contribution < -0.4 is 5.69 Å². The minimum absolute atomic E-state index is 0.00905. The van der Waals surface area contributed by atoms with E-state index in [0.29, 0.717) is 5.56 Å². The largest absolute Gasteiger partial charge is 0.431 e. The Morgan fingerprint density at radius 1 is 1.22 bits per heavy atom. The van der Waals surface area contributed by atoms with Crippen molar-refractivity contribution in [3.05, 3.63) is 52.1 Å². The average molecular weight is 254 g/mol. The maximum Gasteiger partial charge on any atom is 0.431 e. The molecule has 0 radical (unpaired) electrons. The Morgan fingerprint density at radius 2 is 1.94 bits per heavy atom. The predicted molar refractivity (Wildman–Crippen MR) is 60.0 cm³/mol. The van der Waals surface area contributed by atoms with Gasteiger partial charge in [-0.2, -0.15) is 18.2 Å². The minimum atomic E-state index is -4.60. The summed E-state index contributed by atoms with van der Waals surface area (Å²) in [5, 5.41) is 0. The summed E-state index contributed by atoms with van der Waals surface area (Å²) < 4.78 is 37.6. The number of nitrogens with zero attached hydrogens (tertiary/aromatic N) is 1. The van der Waals surface area contributed by atoms with Crippen LogP contribution in [0.5, 0.6) is 0 Å². The van der Waals surface area contributed by atoms with Crippen LogP contribution in [-0.4, -0.2) is 9.97 Å². The van der Waals surface area contributed by atoms with E-state index in [2.05, 4.69) is 4.98 Å². The van der Waals surface area contributed by atoms with Crippen LogP contribution in [0, 0.1) is 6.92 Å². The fourth-order valence-electron chi connectivity index (χ4n) is 1.56. The second kappa shape index (κ2) is 4.29. The molecule has 1 aromatic carbocycles. The van der Waals surface area contributed by atoms with Crippen LogP contribution in [-0.2, 0) is 6.18 Å². The molecule has 6 heteroatoms. The number of hydrogen-bond donors (Lipinski definition) is 1. The minimum Gasteiger partial charge on any atom is -0.302 e. The maximum atomic E-state index is 12.5. The molecule has 0 aliphatic carbocycles. The van der Waals surface area contributed by atoms with Gasteiger partial charge in [-0.1, -0.05) is 23.8 Å². The molecule has 1 N–H and O–H groups in total. The van der Waals surface area contributed by atoms with Gasteiger partial charge in [-0.15, -0.1) is 0 Å². The first-order valence-electron chi connectivity index (χ1n) is 5.12. The molecule has 1 heterocycles. The summed E-state index contributed by atoms with van der Waals surface area (Å²) in [6.07, 6.45) is -4.60. The van der Waals surface area contributed by atoms with E-state index >= 15 is 0 Å². The van der Waals surface area contributed by atoms with Gasteiger partial charge >= 0.3 is 11.9 Å². The van der Waals surface area contributed by atoms with E-state index < -0.39 is 17.6 Å². The fourth-order valence-corrected chi connectivity index (χ4v) is 1.56. The molecule has 0 amide bonds. The van der Waals surface area contributed by atoms with Crippen LogP contribution in [0.4, 0.5) is 13.2 Å². The van der Waals surface area contributed by atoms with Gasteiger partial charge in [-0.3, -0.25) is 0 Å². The van der Waals surface area contributed by atoms with Gasteiger partial charge in [0, 0.05) is 5.56 Å². The third-order valence-corrected chi connectivity index (χ3v) is 2.36. The van der Waals surface area contributed by atoms with Gasteiger partial charge in [0.25, 0.3) is 0 Å². The number of alkyl halides is 3. The van der Waals surface area contributed by atoms with Gasteiger partial charge in [0.05, 0.1) is 5.69 Å². The number of rotatable bonds is 1. The lowest BCUT2D eigenvalue weighted by Gasteiger charge is -2.08. The van der Waals surface area contributed by atoms with E-state index in [9.17, 15) is 18.0 Å². The third kappa shape index (κ3) is 2.58. The zero-order valence-corrected chi connectivity index (χ0v) is 9.38. The monoisotopic (exact) mass is 254 g/mol. The van der Waals surface area contributed by atoms with Gasteiger partial charge in [0.2, 0.25) is 0 Å². The summed E-state index contributed by atoms with van der Waals surface area (Å²) in [6.45, 7) is 1.81. The Balaban J connectivity index is 2.59. The zero-order valence-electron chi connectivity index (χ0n) is 9.38. The van der Waals surface area contributed by atoms with E-state index in [1.54, 1.807) is 36.2 Å². The molecule has 1 aromatic heterocycles. The lowest BCUT2D eigenvalue weighted by molar-refractivity contribution is -0.141. The van der Waals surface area contributed by atoms with Crippen molar-refractivity contribution in [2.45, 2.75) is 13.1 Å². The molecule has 0 unspecified atom stereocenters. The molecule has 0 atom stereocenters. The first-order chi connectivity index (χ1) is 8.36. The highest BCUT2D eigenvalue weighted by Crippen LogP contribution is 2.28. The van der Waals surface area contributed by atoms with E-state index in [1.165, 1.54) is 0 Å². The van der Waals surface area contributed by atoms with Crippen molar-refractivity contribution in [2.24, 2.45) is 0 Å². The van der Waals surface area contributed by atoms with Crippen molar-refractivity contribution in [3.8, 4) is 11.3 Å². The van der Waals surface area contributed by atoms with E-state index in [0.717, 1.165) is 11.6 Å². The maximum absolute atomic E-state index is 12.5. The van der Waals surface area contributed by atoms with Gasteiger partial charge in [0.15, 0.2) is 0 Å². The molecule has 3 nitrogen and oxygen atoms in total. The number of halogens is 3. The van der Waals surface area contributed by atoms with Crippen molar-refractivity contribution in [3.63, 3.8) is 0 Å². The Hall–Kier alpha value is -2.11. The van der Waals surface area contributed by atoms with Crippen molar-refractivity contribution >= 4 is 0 Å². The van der Waals surface area contributed by atoms with E-state index in [-0.39, 0.29) is 5.69 Å². The third-order valence-electron chi connectivity index (χ3n) is 2.36. The SMILES string of the molecule is Cc1cccc(-c2cc(C(F)(F)F)[nH]c(=O)n2)c1. The number of aromatic nitrogens is 2. The molecular weight excluding hydrogens is 245 g/mol. The molecule has 94 valence electrons. The molecule has 0 saturated carbocycles. The Labute approximate surface area is 100 Å². The molecule has 0 bridgehead atoms. The quantitative estimate of drug-likeness (QED) is 0.850. The number of aryl methyl sites for hydroxylation is 1. The second-order valence-electron chi connectivity index (χ2n) is 3.85. The molecule has 0 fully saturated rings. The average Bonchev–Trinajstić information content (AvgIpc) is 2.27. The Bertz CT molecular complexity index is 632. The highest BCUT2D eigenvalue weighted by Gasteiger charge is 2.32. The summed E-state index contributed by atoms with van der Waals surface area (Å²) in [7, 11) is 0. The lowest BCUT2D eigenvalue weighted by atomic mass is 10.1. The van der Waals surface area contributed by atoms with Crippen molar-refractivity contribution in [1.29, 1.82) is 0 Å². The van der Waals surface area contributed by atoms with Crippen LogP contribution in [0.3, 0.4) is 0 Å². The second-order valence-corrected chi connectivity index (χ2v) is 3.85. The van der Waals surface area contributed by atoms with Crippen molar-refractivity contribution in [1.82, 2.24) is 9.97 Å². The number of H-pyrrole nitrogens is 1. The fraction of sp³-hybridized carbons (Fsp3) is 0.167. The lowest BCUT2D eigenvalue weighted by Crippen LogP contribution is -2.19. The first kappa shape index (κ1) is 12.3. The number of benzene rings is 1. The van der Waals surface area contributed by atoms with E-state index in [1.807, 2.05) is 0 Å². The van der Waals surface area contributed by atoms with E-state index in [4.69, 9.17) is 0 Å². The van der Waals surface area contributed by atoms with Crippen molar-refractivity contribution in [2.75, 3.05) is 0 Å². The summed E-state index contributed by atoms with van der Waals surface area (Å²) in [5.74, 6) is 0. The highest BCUT2D eigenvalue weighted by molar-refractivity contribution is 5.60. The van der Waals surface area contributed by atoms with Crippen molar-refractivity contribution < 1.29 is 13.2 Å². The van der Waals surface area contributed by atoms with Crippen LogP contribution >= 0.6 is 0 Å². The molecule has 0 aliphatic heterocycles. The normalized spacial score (nSPS) is 11.6. The Kier molecular flexibility index (Phi) is 2.94. The summed E-state index contributed by atoms with van der Waals surface area (Å²) in [5.41, 5.74) is -0.746. The van der Waals surface area contributed by atoms with Crippen LogP contribution in [0.25, 0.3) is 11.3 Å². The first-order valence-corrected chi connectivity index (χ1v) is 5.12. The molecule has 2 rings (SSSR count). The standard InChI is InChI=1S/C12H9F3N2O/c1-7-3-2-4-8(5-7)9-6-10(12(13,14)15)17-11(18)16-9/h2-6H,1H3,(H,16,17,18). The number of hydrogen-bond acceptors (Lipinski definition) is 2. The molecule has 0 aliphatic rings.